The van der Waals surface area contributed by atoms with Crippen LogP contribution in [-0.4, -0.2) is 49.3 Å². The molecule has 0 saturated carbocycles. The quantitative estimate of drug-likeness (QED) is 0.492. The van der Waals surface area contributed by atoms with E-state index in [4.69, 9.17) is 0 Å². The number of alkyl halides is 3. The fraction of sp³-hybridized carbons (Fsp3) is 1.00. The van der Waals surface area contributed by atoms with Gasteiger partial charge in [0.25, 0.3) is 0 Å². The summed E-state index contributed by atoms with van der Waals surface area (Å²) in [5, 5.41) is 0. The Morgan fingerprint density at radius 2 is 1.82 bits per heavy atom. The molecule has 1 aliphatic heterocycles. The highest BCUT2D eigenvalue weighted by Gasteiger charge is 2.49. The van der Waals surface area contributed by atoms with Crippen LogP contribution in [0.4, 0.5) is 13.2 Å². The standard InChI is InChI=1S/C6H11F3N2/c1-10-3-4-11(2)6(8,9)5(10)7/h5H,3-4H2,1-2H3. The number of rotatable bonds is 0. The zero-order valence-electron chi connectivity index (χ0n) is 6.52. The average molecular weight is 168 g/mol. The number of piperazine rings is 1. The Balaban J connectivity index is 2.72. The van der Waals surface area contributed by atoms with E-state index in [1.54, 1.807) is 0 Å². The highest BCUT2D eigenvalue weighted by atomic mass is 19.3. The van der Waals surface area contributed by atoms with Gasteiger partial charge in [-0.1, -0.05) is 0 Å². The van der Waals surface area contributed by atoms with Gasteiger partial charge in [-0.05, 0) is 14.1 Å². The van der Waals surface area contributed by atoms with Crippen LogP contribution in [0.25, 0.3) is 0 Å². The van der Waals surface area contributed by atoms with Crippen molar-refractivity contribution in [2.45, 2.75) is 12.3 Å². The van der Waals surface area contributed by atoms with Crippen molar-refractivity contribution < 1.29 is 13.2 Å². The van der Waals surface area contributed by atoms with Crippen LogP contribution >= 0.6 is 0 Å². The summed E-state index contributed by atoms with van der Waals surface area (Å²) in [4.78, 5) is 1.75. The van der Waals surface area contributed by atoms with Crippen LogP contribution in [0.1, 0.15) is 0 Å². The fourth-order valence-corrected chi connectivity index (χ4v) is 1.02. The van der Waals surface area contributed by atoms with Gasteiger partial charge in [-0.15, -0.1) is 0 Å². The van der Waals surface area contributed by atoms with E-state index in [-0.39, 0.29) is 6.54 Å². The molecule has 0 aromatic rings. The van der Waals surface area contributed by atoms with Crippen LogP contribution in [0.2, 0.25) is 0 Å². The maximum absolute atomic E-state index is 12.8. The van der Waals surface area contributed by atoms with E-state index >= 15 is 0 Å². The molecule has 66 valence electrons. The molecule has 1 atom stereocenters. The molecule has 0 spiro atoms. The third-order valence-electron chi connectivity index (χ3n) is 1.97. The van der Waals surface area contributed by atoms with E-state index in [1.807, 2.05) is 0 Å². The van der Waals surface area contributed by atoms with Crippen molar-refractivity contribution in [2.24, 2.45) is 0 Å². The molecule has 1 saturated heterocycles. The molecule has 1 heterocycles. The van der Waals surface area contributed by atoms with Gasteiger partial charge in [-0.3, -0.25) is 4.90 Å². The van der Waals surface area contributed by atoms with Crippen molar-refractivity contribution >= 4 is 0 Å². The normalized spacial score (nSPS) is 34.1. The van der Waals surface area contributed by atoms with E-state index in [0.29, 0.717) is 6.54 Å². The summed E-state index contributed by atoms with van der Waals surface area (Å²) in [5.74, 6) is 0. The average Bonchev–Trinajstić information content (AvgIpc) is 1.95. The molecule has 0 aromatic heterocycles. The van der Waals surface area contributed by atoms with Crippen molar-refractivity contribution in [3.63, 3.8) is 0 Å². The Morgan fingerprint density at radius 1 is 1.27 bits per heavy atom. The molecule has 1 rings (SSSR count). The Hall–Kier alpha value is -0.290. The second-order valence-corrected chi connectivity index (χ2v) is 2.83. The van der Waals surface area contributed by atoms with E-state index in [2.05, 4.69) is 0 Å². The largest absolute Gasteiger partial charge is 0.349 e. The molecule has 2 nitrogen and oxygen atoms in total. The minimum absolute atomic E-state index is 0.198. The second kappa shape index (κ2) is 2.64. The Labute approximate surface area is 63.6 Å². The van der Waals surface area contributed by atoms with Crippen LogP contribution in [-0.2, 0) is 0 Å². The van der Waals surface area contributed by atoms with Crippen molar-refractivity contribution in [1.82, 2.24) is 9.80 Å². The molecule has 5 heteroatoms. The Morgan fingerprint density at radius 3 is 2.27 bits per heavy atom. The van der Waals surface area contributed by atoms with Crippen LogP contribution < -0.4 is 0 Å². The fourth-order valence-electron chi connectivity index (χ4n) is 1.02. The van der Waals surface area contributed by atoms with E-state index in [0.717, 1.165) is 9.80 Å². The first-order valence-electron chi connectivity index (χ1n) is 3.39. The van der Waals surface area contributed by atoms with Gasteiger partial charge < -0.3 is 0 Å². The van der Waals surface area contributed by atoms with Crippen LogP contribution in [0.3, 0.4) is 0 Å². The molecule has 0 bridgehead atoms. The lowest BCUT2D eigenvalue weighted by atomic mass is 10.3. The van der Waals surface area contributed by atoms with Gasteiger partial charge in [0.15, 0.2) is 0 Å². The van der Waals surface area contributed by atoms with Gasteiger partial charge in [0.2, 0.25) is 6.30 Å². The maximum atomic E-state index is 12.8. The van der Waals surface area contributed by atoms with Crippen molar-refractivity contribution in [1.29, 1.82) is 0 Å². The van der Waals surface area contributed by atoms with Crippen LogP contribution in [0, 0.1) is 0 Å². The van der Waals surface area contributed by atoms with Gasteiger partial charge in [-0.25, -0.2) is 9.29 Å². The number of nitrogens with zero attached hydrogens (tertiary/aromatic N) is 2. The highest BCUT2D eigenvalue weighted by molar-refractivity contribution is 4.81. The summed E-state index contributed by atoms with van der Waals surface area (Å²) >= 11 is 0. The number of likely N-dealkylation sites (N-methyl/N-ethyl adjacent to an activating group) is 2. The van der Waals surface area contributed by atoms with Gasteiger partial charge in [0.05, 0.1) is 0 Å². The van der Waals surface area contributed by atoms with Gasteiger partial charge in [0.1, 0.15) is 0 Å². The number of halogens is 3. The summed E-state index contributed by atoms with van der Waals surface area (Å²) < 4.78 is 38.2. The first-order chi connectivity index (χ1) is 4.96. The van der Waals surface area contributed by atoms with E-state index < -0.39 is 12.3 Å². The molecule has 0 aliphatic carbocycles. The lowest BCUT2D eigenvalue weighted by Crippen LogP contribution is -2.59. The lowest BCUT2D eigenvalue weighted by molar-refractivity contribution is -0.242. The van der Waals surface area contributed by atoms with Crippen molar-refractivity contribution in [3.8, 4) is 0 Å². The molecule has 1 fully saturated rings. The molecule has 1 aliphatic rings. The monoisotopic (exact) mass is 168 g/mol. The van der Waals surface area contributed by atoms with Gasteiger partial charge in [0, 0.05) is 13.1 Å². The Bertz CT molecular complexity index is 151. The summed E-state index contributed by atoms with van der Waals surface area (Å²) in [7, 11) is 2.57. The first-order valence-corrected chi connectivity index (χ1v) is 3.39. The molecule has 1 unspecified atom stereocenters. The molecular weight excluding hydrogens is 157 g/mol. The molecule has 0 amide bonds. The number of hydrogen-bond donors (Lipinski definition) is 0. The predicted molar refractivity (Wildman–Crippen MR) is 35.1 cm³/mol. The SMILES string of the molecule is CN1CCN(C)C(F)(F)C1F. The third kappa shape index (κ3) is 1.35. The zero-order valence-corrected chi connectivity index (χ0v) is 6.52. The summed E-state index contributed by atoms with van der Waals surface area (Å²) in [5.41, 5.74) is 0. The minimum Gasteiger partial charge on any atom is -0.269 e. The zero-order chi connectivity index (χ0) is 8.65. The van der Waals surface area contributed by atoms with Gasteiger partial charge >= 0.3 is 6.05 Å². The minimum atomic E-state index is -3.34. The van der Waals surface area contributed by atoms with Gasteiger partial charge in [-0.2, -0.15) is 8.78 Å². The lowest BCUT2D eigenvalue weighted by Gasteiger charge is -2.39. The highest BCUT2D eigenvalue weighted by Crippen LogP contribution is 2.29. The Kier molecular flexibility index (Phi) is 2.11. The molecule has 0 N–H and O–H groups in total. The first kappa shape index (κ1) is 8.80. The topological polar surface area (TPSA) is 6.48 Å². The maximum Gasteiger partial charge on any atom is 0.349 e. The second-order valence-electron chi connectivity index (χ2n) is 2.83. The molecule has 11 heavy (non-hydrogen) atoms. The molecule has 0 radical (unpaired) electrons. The van der Waals surface area contributed by atoms with Crippen molar-refractivity contribution in [2.75, 3.05) is 27.2 Å². The smallest absolute Gasteiger partial charge is 0.269 e. The molecule has 0 aromatic carbocycles. The third-order valence-corrected chi connectivity index (χ3v) is 1.97. The summed E-state index contributed by atoms with van der Waals surface area (Å²) in [6.07, 6.45) is -2.18. The molecular formula is C6H11F3N2. The van der Waals surface area contributed by atoms with Crippen molar-refractivity contribution in [3.05, 3.63) is 0 Å². The number of hydrogen-bond acceptors (Lipinski definition) is 2. The summed E-state index contributed by atoms with van der Waals surface area (Å²) in [6, 6.07) is -3.34. The van der Waals surface area contributed by atoms with Crippen LogP contribution in [0.5, 0.6) is 0 Å². The van der Waals surface area contributed by atoms with E-state index in [1.165, 1.54) is 14.1 Å². The summed E-state index contributed by atoms with van der Waals surface area (Å²) in [6.45, 7) is 0.539. The predicted octanol–water partition coefficient (Wildman–Crippen LogP) is 0.752. The van der Waals surface area contributed by atoms with Crippen LogP contribution in [0.15, 0.2) is 0 Å². The van der Waals surface area contributed by atoms with E-state index in [9.17, 15) is 13.2 Å².